The maximum atomic E-state index is 9.93. The van der Waals surface area contributed by atoms with Crippen LogP contribution < -0.4 is 0 Å². The van der Waals surface area contributed by atoms with Crippen LogP contribution in [0.1, 0.15) is 5.56 Å². The molecule has 0 saturated carbocycles. The average Bonchev–Trinajstić information content (AvgIpc) is 2.65. The van der Waals surface area contributed by atoms with E-state index in [0.29, 0.717) is 72.6 Å². The molecular formula is C18H29NO7. The standard InChI is InChI=1S/C18H29NO7/c20-18-4-2-1-3-17(18)15-19-16-25-12-11-23-8-7-21-5-6-22-9-10-24-13-14-26-19/h1-4,20H,5-16H2. The molecule has 1 saturated heterocycles. The lowest BCUT2D eigenvalue weighted by Gasteiger charge is -2.22. The van der Waals surface area contributed by atoms with Crippen molar-refractivity contribution in [2.45, 2.75) is 6.54 Å². The van der Waals surface area contributed by atoms with E-state index in [-0.39, 0.29) is 12.5 Å². The molecule has 2 rings (SSSR count). The van der Waals surface area contributed by atoms with Gasteiger partial charge in [0, 0.05) is 5.56 Å². The van der Waals surface area contributed by atoms with Gasteiger partial charge in [-0.1, -0.05) is 18.2 Å². The van der Waals surface area contributed by atoms with Gasteiger partial charge in [0.05, 0.1) is 72.6 Å². The third-order valence-corrected chi connectivity index (χ3v) is 3.56. The van der Waals surface area contributed by atoms with Gasteiger partial charge >= 0.3 is 0 Å². The van der Waals surface area contributed by atoms with E-state index in [1.54, 1.807) is 17.2 Å². The van der Waals surface area contributed by atoms with Crippen LogP contribution in [0, 0.1) is 0 Å². The first-order valence-electron chi connectivity index (χ1n) is 8.89. The summed E-state index contributed by atoms with van der Waals surface area (Å²) < 4.78 is 27.3. The highest BCUT2D eigenvalue weighted by Gasteiger charge is 2.10. The molecule has 0 amide bonds. The second kappa shape index (κ2) is 13.9. The number of nitrogens with zero attached hydrogens (tertiary/aromatic N) is 1. The molecule has 1 aliphatic heterocycles. The largest absolute Gasteiger partial charge is 0.508 e. The van der Waals surface area contributed by atoms with Crippen LogP contribution in [0.3, 0.4) is 0 Å². The number of hydrogen-bond acceptors (Lipinski definition) is 8. The molecule has 0 bridgehead atoms. The number of phenolic OH excluding ortho intramolecular Hbond substituents is 1. The number of phenols is 1. The molecule has 1 aliphatic rings. The van der Waals surface area contributed by atoms with Crippen molar-refractivity contribution in [2.24, 2.45) is 0 Å². The van der Waals surface area contributed by atoms with Crippen LogP contribution in [0.25, 0.3) is 0 Å². The van der Waals surface area contributed by atoms with Crippen molar-refractivity contribution in [3.05, 3.63) is 29.8 Å². The zero-order chi connectivity index (χ0) is 18.3. The molecule has 0 aromatic heterocycles. The minimum atomic E-state index is 0.229. The van der Waals surface area contributed by atoms with E-state index in [4.69, 9.17) is 28.5 Å². The first-order chi connectivity index (χ1) is 12.9. The smallest absolute Gasteiger partial charge is 0.122 e. The molecule has 1 N–H and O–H groups in total. The Balaban J connectivity index is 1.78. The fourth-order valence-electron chi connectivity index (χ4n) is 2.23. The summed E-state index contributed by atoms with van der Waals surface area (Å²) in [6.45, 7) is 5.58. The Morgan fingerprint density at radius 2 is 1.19 bits per heavy atom. The highest BCUT2D eigenvalue weighted by atomic mass is 16.7. The van der Waals surface area contributed by atoms with Crippen LogP contribution in [-0.4, -0.2) is 83.0 Å². The molecule has 0 aliphatic carbocycles. The lowest BCUT2D eigenvalue weighted by molar-refractivity contribution is -0.223. The molecule has 0 radical (unpaired) electrons. The molecule has 8 nitrogen and oxygen atoms in total. The van der Waals surface area contributed by atoms with Crippen molar-refractivity contribution >= 4 is 0 Å². The summed E-state index contributed by atoms with van der Waals surface area (Å²) in [6, 6.07) is 7.15. The number of hydroxylamine groups is 2. The summed E-state index contributed by atoms with van der Waals surface area (Å²) in [5.41, 5.74) is 0.765. The van der Waals surface area contributed by atoms with Crippen molar-refractivity contribution in [2.75, 3.05) is 72.8 Å². The monoisotopic (exact) mass is 371 g/mol. The molecule has 0 unspecified atom stereocenters. The summed E-state index contributed by atoms with van der Waals surface area (Å²) in [6.07, 6.45) is 0. The van der Waals surface area contributed by atoms with Crippen molar-refractivity contribution in [1.29, 1.82) is 0 Å². The van der Waals surface area contributed by atoms with Crippen LogP contribution in [0.4, 0.5) is 0 Å². The average molecular weight is 371 g/mol. The van der Waals surface area contributed by atoms with Gasteiger partial charge < -0.3 is 28.8 Å². The van der Waals surface area contributed by atoms with Gasteiger partial charge in [0.15, 0.2) is 0 Å². The fraction of sp³-hybridized carbons (Fsp3) is 0.667. The molecule has 1 heterocycles. The van der Waals surface area contributed by atoms with Crippen molar-refractivity contribution in [3.8, 4) is 5.75 Å². The summed E-state index contributed by atoms with van der Waals surface area (Å²) in [4.78, 5) is 5.72. The van der Waals surface area contributed by atoms with E-state index in [9.17, 15) is 5.11 Å². The first-order valence-corrected chi connectivity index (χ1v) is 8.89. The van der Waals surface area contributed by atoms with Gasteiger partial charge in [-0.15, -0.1) is 0 Å². The number of rotatable bonds is 2. The lowest BCUT2D eigenvalue weighted by Crippen LogP contribution is -2.29. The molecule has 0 spiro atoms. The molecule has 1 aromatic rings. The number of aromatic hydroxyl groups is 1. The van der Waals surface area contributed by atoms with Crippen molar-refractivity contribution < 1.29 is 33.6 Å². The van der Waals surface area contributed by atoms with Crippen LogP contribution in [-0.2, 0) is 35.1 Å². The quantitative estimate of drug-likeness (QED) is 0.830. The van der Waals surface area contributed by atoms with Crippen LogP contribution >= 0.6 is 0 Å². The number of benzene rings is 1. The van der Waals surface area contributed by atoms with Gasteiger partial charge in [-0.3, -0.25) is 4.84 Å². The fourth-order valence-corrected chi connectivity index (χ4v) is 2.23. The second-order valence-electron chi connectivity index (χ2n) is 5.59. The van der Waals surface area contributed by atoms with Crippen LogP contribution in [0.15, 0.2) is 24.3 Å². The van der Waals surface area contributed by atoms with Crippen LogP contribution in [0.5, 0.6) is 5.75 Å². The minimum Gasteiger partial charge on any atom is -0.508 e. The van der Waals surface area contributed by atoms with Gasteiger partial charge in [-0.2, -0.15) is 5.06 Å². The third-order valence-electron chi connectivity index (χ3n) is 3.56. The molecular weight excluding hydrogens is 342 g/mol. The zero-order valence-electron chi connectivity index (χ0n) is 15.1. The maximum absolute atomic E-state index is 9.93. The summed E-state index contributed by atoms with van der Waals surface area (Å²) >= 11 is 0. The molecule has 0 atom stereocenters. The van der Waals surface area contributed by atoms with Gasteiger partial charge in [0.25, 0.3) is 0 Å². The topological polar surface area (TPSA) is 78.9 Å². The van der Waals surface area contributed by atoms with Crippen molar-refractivity contribution in [1.82, 2.24) is 5.06 Å². The summed E-state index contributed by atoms with van der Waals surface area (Å²) in [5.74, 6) is 0.229. The summed E-state index contributed by atoms with van der Waals surface area (Å²) in [7, 11) is 0. The van der Waals surface area contributed by atoms with Crippen molar-refractivity contribution in [3.63, 3.8) is 0 Å². The molecule has 148 valence electrons. The molecule has 8 heteroatoms. The third kappa shape index (κ3) is 9.44. The van der Waals surface area contributed by atoms with Gasteiger partial charge in [0.2, 0.25) is 0 Å². The highest BCUT2D eigenvalue weighted by Crippen LogP contribution is 2.17. The van der Waals surface area contributed by atoms with Gasteiger partial charge in [-0.05, 0) is 6.07 Å². The van der Waals surface area contributed by atoms with E-state index in [0.717, 1.165) is 5.56 Å². The van der Waals surface area contributed by atoms with E-state index in [2.05, 4.69) is 0 Å². The second-order valence-corrected chi connectivity index (χ2v) is 5.59. The normalized spacial score (nSPS) is 20.9. The predicted octanol–water partition coefficient (Wildman–Crippen LogP) is 1.18. The van der Waals surface area contributed by atoms with E-state index >= 15 is 0 Å². The Kier molecular flexibility index (Phi) is 11.2. The maximum Gasteiger partial charge on any atom is 0.122 e. The predicted molar refractivity (Wildman–Crippen MR) is 93.7 cm³/mol. The zero-order valence-corrected chi connectivity index (χ0v) is 15.1. The Hall–Kier alpha value is -1.26. The molecule has 1 aromatic carbocycles. The molecule has 1 fully saturated rings. The van der Waals surface area contributed by atoms with E-state index in [1.165, 1.54) is 0 Å². The highest BCUT2D eigenvalue weighted by molar-refractivity contribution is 5.31. The van der Waals surface area contributed by atoms with E-state index < -0.39 is 0 Å². The lowest BCUT2D eigenvalue weighted by atomic mass is 10.2. The van der Waals surface area contributed by atoms with Crippen LogP contribution in [0.2, 0.25) is 0 Å². The van der Waals surface area contributed by atoms with Gasteiger partial charge in [-0.25, -0.2) is 0 Å². The minimum absolute atomic E-state index is 0.229. The Morgan fingerprint density at radius 3 is 1.77 bits per heavy atom. The van der Waals surface area contributed by atoms with Gasteiger partial charge in [0.1, 0.15) is 12.5 Å². The Bertz CT molecular complexity index is 457. The SMILES string of the molecule is Oc1ccccc1CN1COCCOCCOCCOCCOCCO1. The Labute approximate surface area is 154 Å². The first kappa shape index (κ1) is 21.0. The number of para-hydroxylation sites is 1. The number of ether oxygens (including phenoxy) is 5. The van der Waals surface area contributed by atoms with E-state index in [1.807, 2.05) is 12.1 Å². The Morgan fingerprint density at radius 1 is 0.692 bits per heavy atom. The number of hydrogen-bond donors (Lipinski definition) is 1. The summed E-state index contributed by atoms with van der Waals surface area (Å²) in [5, 5.41) is 11.6. The molecule has 26 heavy (non-hydrogen) atoms.